The second-order valence-electron chi connectivity index (χ2n) is 2.15. The van der Waals surface area contributed by atoms with Gasteiger partial charge in [0.2, 0.25) is 10.0 Å². The number of thiophene rings is 1. The Kier molecular flexibility index (Phi) is 2.70. The lowest BCUT2D eigenvalue weighted by Crippen LogP contribution is -2.12. The summed E-state index contributed by atoms with van der Waals surface area (Å²) in [5.74, 6) is 0. The summed E-state index contributed by atoms with van der Waals surface area (Å²) in [5.41, 5.74) is 0.411. The van der Waals surface area contributed by atoms with Crippen LogP contribution in [0.3, 0.4) is 0 Å². The molecule has 0 amide bonds. The molecule has 12 heavy (non-hydrogen) atoms. The van der Waals surface area contributed by atoms with Crippen LogP contribution in [-0.2, 0) is 10.0 Å². The van der Waals surface area contributed by atoms with Crippen LogP contribution >= 0.6 is 34.5 Å². The maximum atomic E-state index is 10.9. The molecule has 1 heterocycles. The van der Waals surface area contributed by atoms with E-state index in [2.05, 4.69) is 0 Å². The first kappa shape index (κ1) is 10.3. The van der Waals surface area contributed by atoms with E-state index >= 15 is 0 Å². The molecule has 68 valence electrons. The maximum absolute atomic E-state index is 10.9. The van der Waals surface area contributed by atoms with Crippen molar-refractivity contribution in [3.05, 3.63) is 14.2 Å². The summed E-state index contributed by atoms with van der Waals surface area (Å²) in [5, 5.41) is 4.91. The predicted molar refractivity (Wildman–Crippen MR) is 50.4 cm³/mol. The smallest absolute Gasteiger partial charge is 0.225 e. The Morgan fingerprint density at radius 2 is 1.83 bits per heavy atom. The molecule has 0 saturated heterocycles. The molecule has 0 bridgehead atoms. The van der Waals surface area contributed by atoms with Gasteiger partial charge in [0.25, 0.3) is 0 Å². The fraction of sp³-hybridized carbons (Fsp3) is 0.200. The van der Waals surface area contributed by atoms with Gasteiger partial charge in [0.15, 0.2) is 0 Å². The van der Waals surface area contributed by atoms with Crippen molar-refractivity contribution in [3.63, 3.8) is 0 Å². The average molecular weight is 246 g/mol. The molecule has 0 aliphatic heterocycles. The van der Waals surface area contributed by atoms with E-state index in [1.54, 1.807) is 6.92 Å². The Morgan fingerprint density at radius 1 is 1.33 bits per heavy atom. The first-order valence-electron chi connectivity index (χ1n) is 2.81. The van der Waals surface area contributed by atoms with Crippen LogP contribution in [0.25, 0.3) is 0 Å². The molecule has 3 nitrogen and oxygen atoms in total. The van der Waals surface area contributed by atoms with E-state index in [9.17, 15) is 8.42 Å². The molecule has 0 atom stereocenters. The number of hydrogen-bond donors (Lipinski definition) is 1. The van der Waals surface area contributed by atoms with Crippen molar-refractivity contribution < 1.29 is 8.42 Å². The molecule has 0 unspecified atom stereocenters. The third-order valence-corrected chi connectivity index (χ3v) is 4.40. The van der Waals surface area contributed by atoms with Gasteiger partial charge in [0.05, 0.1) is 4.34 Å². The van der Waals surface area contributed by atoms with Crippen LogP contribution in [0.1, 0.15) is 5.56 Å². The summed E-state index contributed by atoms with van der Waals surface area (Å²) >= 11 is 12.3. The summed E-state index contributed by atoms with van der Waals surface area (Å²) < 4.78 is 22.3. The minimum absolute atomic E-state index is 0.0702. The van der Waals surface area contributed by atoms with Crippen molar-refractivity contribution in [2.45, 2.75) is 11.8 Å². The van der Waals surface area contributed by atoms with Gasteiger partial charge in [-0.25, -0.2) is 13.6 Å². The van der Waals surface area contributed by atoms with E-state index in [4.69, 9.17) is 28.3 Å². The third kappa shape index (κ3) is 1.75. The van der Waals surface area contributed by atoms with Crippen LogP contribution in [0.4, 0.5) is 0 Å². The van der Waals surface area contributed by atoms with Crippen LogP contribution in [0.2, 0.25) is 8.67 Å². The van der Waals surface area contributed by atoms with Crippen molar-refractivity contribution >= 4 is 44.6 Å². The van der Waals surface area contributed by atoms with E-state index in [0.717, 1.165) is 11.3 Å². The van der Waals surface area contributed by atoms with E-state index in [-0.39, 0.29) is 9.23 Å². The third-order valence-electron chi connectivity index (χ3n) is 1.28. The van der Waals surface area contributed by atoms with E-state index in [1.807, 2.05) is 0 Å². The SMILES string of the molecule is Cc1c(Cl)sc(Cl)c1S(N)(=O)=O. The monoisotopic (exact) mass is 245 g/mol. The van der Waals surface area contributed by atoms with Gasteiger partial charge in [0, 0.05) is 5.56 Å². The summed E-state index contributed by atoms with van der Waals surface area (Å²) in [6.07, 6.45) is 0. The first-order chi connectivity index (χ1) is 5.34. The predicted octanol–water partition coefficient (Wildman–Crippen LogP) is 2.01. The highest BCUT2D eigenvalue weighted by Gasteiger charge is 2.21. The maximum Gasteiger partial charge on any atom is 0.240 e. The van der Waals surface area contributed by atoms with Crippen LogP contribution in [0.5, 0.6) is 0 Å². The van der Waals surface area contributed by atoms with E-state index < -0.39 is 10.0 Å². The van der Waals surface area contributed by atoms with Gasteiger partial charge < -0.3 is 0 Å². The molecule has 0 aliphatic rings. The standard InChI is InChI=1S/C5H5Cl2NO2S2/c1-2-3(12(8,9)10)5(7)11-4(2)6/h1H3,(H2,8,9,10). The lowest BCUT2D eigenvalue weighted by Gasteiger charge is -1.95. The van der Waals surface area contributed by atoms with Crippen LogP contribution in [-0.4, -0.2) is 8.42 Å². The summed E-state index contributed by atoms with van der Waals surface area (Å²) in [6, 6.07) is 0. The highest BCUT2D eigenvalue weighted by atomic mass is 35.5. The lowest BCUT2D eigenvalue weighted by molar-refractivity contribution is 0.597. The molecular weight excluding hydrogens is 241 g/mol. The molecule has 0 fully saturated rings. The van der Waals surface area contributed by atoms with Crippen LogP contribution in [0, 0.1) is 6.92 Å². The van der Waals surface area contributed by atoms with Crippen molar-refractivity contribution in [1.82, 2.24) is 0 Å². The molecule has 1 aromatic rings. The minimum atomic E-state index is -3.75. The summed E-state index contributed by atoms with van der Waals surface area (Å²) in [6.45, 7) is 1.56. The Labute approximate surface area is 84.1 Å². The largest absolute Gasteiger partial charge is 0.240 e. The Hall–Kier alpha value is 0.190. The fourth-order valence-electron chi connectivity index (χ4n) is 0.763. The summed E-state index contributed by atoms with van der Waals surface area (Å²) in [7, 11) is -3.75. The van der Waals surface area contributed by atoms with Gasteiger partial charge >= 0.3 is 0 Å². The Bertz CT molecular complexity index is 409. The van der Waals surface area contributed by atoms with Gasteiger partial charge in [-0.3, -0.25) is 0 Å². The number of rotatable bonds is 1. The molecule has 0 spiro atoms. The molecule has 0 radical (unpaired) electrons. The van der Waals surface area contributed by atoms with Gasteiger partial charge in [-0.2, -0.15) is 0 Å². The van der Waals surface area contributed by atoms with Gasteiger partial charge in [-0.1, -0.05) is 23.2 Å². The van der Waals surface area contributed by atoms with Crippen molar-refractivity contribution in [1.29, 1.82) is 0 Å². The molecule has 7 heteroatoms. The quantitative estimate of drug-likeness (QED) is 0.823. The van der Waals surface area contributed by atoms with Gasteiger partial charge in [0.1, 0.15) is 9.23 Å². The molecule has 1 rings (SSSR count). The molecule has 0 aromatic carbocycles. The topological polar surface area (TPSA) is 60.2 Å². The molecule has 0 aliphatic carbocycles. The average Bonchev–Trinajstić information content (AvgIpc) is 2.05. The van der Waals surface area contributed by atoms with Gasteiger partial charge in [-0.05, 0) is 6.92 Å². The van der Waals surface area contributed by atoms with E-state index in [0.29, 0.717) is 9.90 Å². The second kappa shape index (κ2) is 3.16. The number of primary sulfonamides is 1. The fourth-order valence-corrected chi connectivity index (χ4v) is 3.91. The Balaban J connectivity index is 3.54. The Morgan fingerprint density at radius 3 is 2.00 bits per heavy atom. The number of halogens is 2. The normalized spacial score (nSPS) is 12.0. The zero-order valence-electron chi connectivity index (χ0n) is 5.97. The first-order valence-corrected chi connectivity index (χ1v) is 5.93. The summed E-state index contributed by atoms with van der Waals surface area (Å²) in [4.78, 5) is -0.0702. The van der Waals surface area contributed by atoms with Crippen molar-refractivity contribution in [2.24, 2.45) is 5.14 Å². The van der Waals surface area contributed by atoms with Crippen molar-refractivity contribution in [2.75, 3.05) is 0 Å². The van der Waals surface area contributed by atoms with E-state index in [1.165, 1.54) is 0 Å². The van der Waals surface area contributed by atoms with Crippen LogP contribution < -0.4 is 5.14 Å². The number of hydrogen-bond acceptors (Lipinski definition) is 3. The zero-order chi connectivity index (χ0) is 9.52. The zero-order valence-corrected chi connectivity index (χ0v) is 9.11. The second-order valence-corrected chi connectivity index (χ2v) is 5.87. The minimum Gasteiger partial charge on any atom is -0.225 e. The van der Waals surface area contributed by atoms with Crippen LogP contribution in [0.15, 0.2) is 4.90 Å². The number of sulfonamides is 1. The van der Waals surface area contributed by atoms with Crippen molar-refractivity contribution in [3.8, 4) is 0 Å². The highest BCUT2D eigenvalue weighted by molar-refractivity contribution is 7.89. The molecule has 1 aromatic heterocycles. The highest BCUT2D eigenvalue weighted by Crippen LogP contribution is 2.37. The molecule has 2 N–H and O–H groups in total. The van der Waals surface area contributed by atoms with Gasteiger partial charge in [-0.15, -0.1) is 11.3 Å². The lowest BCUT2D eigenvalue weighted by atomic mass is 10.4. The number of nitrogens with two attached hydrogens (primary N) is 1. The molecule has 0 saturated carbocycles. The molecular formula is C5H5Cl2NO2S2.